The maximum atomic E-state index is 5.05. The SMILES string of the molecule is Cc1ccc(-n2nc(-c3ccccc3Br)c3c2NCCCC3)c(C)c1. The summed E-state index contributed by atoms with van der Waals surface area (Å²) in [6.45, 7) is 5.29. The normalized spacial score (nSPS) is 13.9. The minimum Gasteiger partial charge on any atom is -0.370 e. The molecule has 0 saturated heterocycles. The van der Waals surface area contributed by atoms with Crippen LogP contribution >= 0.6 is 15.9 Å². The van der Waals surface area contributed by atoms with Gasteiger partial charge in [0.05, 0.1) is 11.4 Å². The summed E-state index contributed by atoms with van der Waals surface area (Å²) in [5.74, 6) is 1.15. The molecule has 0 saturated carbocycles. The Morgan fingerprint density at radius 1 is 1.08 bits per heavy atom. The second-order valence-corrected chi connectivity index (χ2v) is 7.60. The first-order valence-electron chi connectivity index (χ1n) is 8.83. The van der Waals surface area contributed by atoms with E-state index in [1.54, 1.807) is 0 Å². The van der Waals surface area contributed by atoms with Gasteiger partial charge in [-0.05, 0) is 50.8 Å². The van der Waals surface area contributed by atoms with Crippen LogP contribution in [0.1, 0.15) is 29.5 Å². The summed E-state index contributed by atoms with van der Waals surface area (Å²) < 4.78 is 3.19. The minimum atomic E-state index is 0.999. The van der Waals surface area contributed by atoms with Crippen molar-refractivity contribution >= 4 is 21.7 Å². The molecule has 0 amide bonds. The van der Waals surface area contributed by atoms with E-state index in [-0.39, 0.29) is 0 Å². The Labute approximate surface area is 157 Å². The highest BCUT2D eigenvalue weighted by Crippen LogP contribution is 2.37. The molecule has 4 rings (SSSR count). The predicted molar refractivity (Wildman–Crippen MR) is 108 cm³/mol. The quantitative estimate of drug-likeness (QED) is 0.605. The second kappa shape index (κ2) is 6.68. The van der Waals surface area contributed by atoms with Gasteiger partial charge >= 0.3 is 0 Å². The lowest BCUT2D eigenvalue weighted by Gasteiger charge is -2.12. The third-order valence-corrected chi connectivity index (χ3v) is 5.53. The molecule has 1 aromatic heterocycles. The first kappa shape index (κ1) is 16.4. The van der Waals surface area contributed by atoms with Crippen molar-refractivity contribution in [2.45, 2.75) is 33.1 Å². The number of benzene rings is 2. The van der Waals surface area contributed by atoms with Crippen LogP contribution in [0.25, 0.3) is 16.9 Å². The fourth-order valence-corrected chi connectivity index (χ4v) is 4.06. The van der Waals surface area contributed by atoms with Gasteiger partial charge < -0.3 is 5.32 Å². The van der Waals surface area contributed by atoms with Gasteiger partial charge in [-0.25, -0.2) is 4.68 Å². The smallest absolute Gasteiger partial charge is 0.133 e. The number of rotatable bonds is 2. The number of aryl methyl sites for hydroxylation is 2. The number of nitrogens with one attached hydrogen (secondary N) is 1. The first-order valence-corrected chi connectivity index (χ1v) is 9.63. The molecule has 0 unspecified atom stereocenters. The van der Waals surface area contributed by atoms with Crippen LogP contribution in [0, 0.1) is 13.8 Å². The van der Waals surface area contributed by atoms with Gasteiger partial charge in [0.2, 0.25) is 0 Å². The molecule has 3 aromatic rings. The number of aromatic nitrogens is 2. The van der Waals surface area contributed by atoms with Crippen molar-refractivity contribution in [2.75, 3.05) is 11.9 Å². The number of hydrogen-bond donors (Lipinski definition) is 1. The molecule has 0 bridgehead atoms. The van der Waals surface area contributed by atoms with E-state index in [9.17, 15) is 0 Å². The standard InChI is InChI=1S/C21H22BrN3/c1-14-10-11-19(15(2)13-14)25-21-17(8-5-6-12-23-21)20(24-25)16-7-3-4-9-18(16)22/h3-4,7,9-11,13,23H,5-6,8,12H2,1-2H3. The molecular formula is C21H22BrN3. The van der Waals surface area contributed by atoms with Gasteiger partial charge in [0, 0.05) is 22.1 Å². The highest BCUT2D eigenvalue weighted by Gasteiger charge is 2.23. The molecule has 1 aliphatic rings. The summed E-state index contributed by atoms with van der Waals surface area (Å²) in [4.78, 5) is 0. The molecule has 25 heavy (non-hydrogen) atoms. The summed E-state index contributed by atoms with van der Waals surface area (Å²) in [6, 6.07) is 14.9. The third kappa shape index (κ3) is 2.99. The Bertz CT molecular complexity index is 927. The molecule has 2 heterocycles. The number of anilines is 1. The van der Waals surface area contributed by atoms with Crippen molar-refractivity contribution in [1.82, 2.24) is 9.78 Å². The fraction of sp³-hybridized carbons (Fsp3) is 0.286. The average Bonchev–Trinajstić information content (AvgIpc) is 2.78. The Morgan fingerprint density at radius 2 is 1.92 bits per heavy atom. The van der Waals surface area contributed by atoms with Gasteiger partial charge in [-0.15, -0.1) is 0 Å². The van der Waals surface area contributed by atoms with E-state index in [1.807, 2.05) is 6.07 Å². The first-order chi connectivity index (χ1) is 12.1. The van der Waals surface area contributed by atoms with Crippen LogP contribution in [-0.4, -0.2) is 16.3 Å². The van der Waals surface area contributed by atoms with Crippen LogP contribution in [0.5, 0.6) is 0 Å². The highest BCUT2D eigenvalue weighted by molar-refractivity contribution is 9.10. The zero-order chi connectivity index (χ0) is 17.4. The van der Waals surface area contributed by atoms with Crippen molar-refractivity contribution in [3.8, 4) is 16.9 Å². The summed E-state index contributed by atoms with van der Waals surface area (Å²) >= 11 is 3.70. The fourth-order valence-electron chi connectivity index (χ4n) is 3.59. The van der Waals surface area contributed by atoms with Crippen molar-refractivity contribution in [3.63, 3.8) is 0 Å². The molecule has 4 heteroatoms. The molecule has 2 aromatic carbocycles. The Kier molecular flexibility index (Phi) is 4.38. The van der Waals surface area contributed by atoms with Crippen LogP contribution in [0.2, 0.25) is 0 Å². The third-order valence-electron chi connectivity index (χ3n) is 4.84. The summed E-state index contributed by atoms with van der Waals surface area (Å²) in [5.41, 5.74) is 7.23. The number of nitrogens with zero attached hydrogens (tertiary/aromatic N) is 2. The lowest BCUT2D eigenvalue weighted by Crippen LogP contribution is -2.08. The molecule has 3 nitrogen and oxygen atoms in total. The van der Waals surface area contributed by atoms with Gasteiger partial charge in [-0.1, -0.05) is 51.8 Å². The molecule has 1 N–H and O–H groups in total. The van der Waals surface area contributed by atoms with Crippen molar-refractivity contribution < 1.29 is 0 Å². The van der Waals surface area contributed by atoms with E-state index in [4.69, 9.17) is 5.10 Å². The van der Waals surface area contributed by atoms with E-state index in [0.29, 0.717) is 0 Å². The predicted octanol–water partition coefficient (Wildman–Crippen LogP) is 5.67. The van der Waals surface area contributed by atoms with Crippen molar-refractivity contribution in [3.05, 3.63) is 63.6 Å². The molecule has 1 aliphatic heterocycles. The number of halogens is 1. The van der Waals surface area contributed by atoms with Crippen molar-refractivity contribution in [2.24, 2.45) is 0 Å². The van der Waals surface area contributed by atoms with Crippen LogP contribution in [-0.2, 0) is 6.42 Å². The van der Waals surface area contributed by atoms with Gasteiger partial charge in [-0.3, -0.25) is 0 Å². The number of hydrogen-bond acceptors (Lipinski definition) is 2. The van der Waals surface area contributed by atoms with E-state index in [2.05, 4.69) is 76.2 Å². The largest absolute Gasteiger partial charge is 0.370 e. The van der Waals surface area contributed by atoms with Crippen LogP contribution in [0.3, 0.4) is 0 Å². The maximum Gasteiger partial charge on any atom is 0.133 e. The molecular weight excluding hydrogens is 374 g/mol. The Balaban J connectivity index is 1.95. The van der Waals surface area contributed by atoms with Crippen LogP contribution in [0.15, 0.2) is 46.9 Å². The molecule has 0 fully saturated rings. The molecule has 0 spiro atoms. The zero-order valence-electron chi connectivity index (χ0n) is 14.6. The van der Waals surface area contributed by atoms with E-state index in [1.165, 1.54) is 29.5 Å². The Morgan fingerprint density at radius 3 is 2.72 bits per heavy atom. The Hall–Kier alpha value is -2.07. The monoisotopic (exact) mass is 395 g/mol. The summed E-state index contributed by atoms with van der Waals surface area (Å²) in [7, 11) is 0. The molecule has 0 aliphatic carbocycles. The van der Waals surface area contributed by atoms with E-state index in [0.717, 1.165) is 40.2 Å². The topological polar surface area (TPSA) is 29.9 Å². The number of fused-ring (bicyclic) bond motifs is 1. The average molecular weight is 396 g/mol. The van der Waals surface area contributed by atoms with Crippen LogP contribution in [0.4, 0.5) is 5.82 Å². The van der Waals surface area contributed by atoms with Gasteiger partial charge in [0.1, 0.15) is 5.82 Å². The van der Waals surface area contributed by atoms with E-state index < -0.39 is 0 Å². The lowest BCUT2D eigenvalue weighted by molar-refractivity contribution is 0.779. The zero-order valence-corrected chi connectivity index (χ0v) is 16.2. The molecule has 0 radical (unpaired) electrons. The molecule has 0 atom stereocenters. The molecule has 128 valence electrons. The maximum absolute atomic E-state index is 5.05. The van der Waals surface area contributed by atoms with Gasteiger partial charge in [0.25, 0.3) is 0 Å². The lowest BCUT2D eigenvalue weighted by atomic mass is 10.0. The van der Waals surface area contributed by atoms with Crippen molar-refractivity contribution in [1.29, 1.82) is 0 Å². The summed E-state index contributed by atoms with van der Waals surface area (Å²) in [6.07, 6.45) is 3.44. The van der Waals surface area contributed by atoms with Gasteiger partial charge in [0.15, 0.2) is 0 Å². The summed E-state index contributed by atoms with van der Waals surface area (Å²) in [5, 5.41) is 8.68. The van der Waals surface area contributed by atoms with Gasteiger partial charge in [-0.2, -0.15) is 5.10 Å². The minimum absolute atomic E-state index is 0.999. The van der Waals surface area contributed by atoms with E-state index >= 15 is 0 Å². The second-order valence-electron chi connectivity index (χ2n) is 6.74. The highest BCUT2D eigenvalue weighted by atomic mass is 79.9. The van der Waals surface area contributed by atoms with Crippen LogP contribution < -0.4 is 5.32 Å².